The van der Waals surface area contributed by atoms with E-state index in [1.165, 1.54) is 32.1 Å². The van der Waals surface area contributed by atoms with Crippen molar-refractivity contribution in [3.05, 3.63) is 0 Å². The average Bonchev–Trinajstić information content (AvgIpc) is 2.52. The van der Waals surface area contributed by atoms with E-state index in [0.717, 1.165) is 44.9 Å². The van der Waals surface area contributed by atoms with E-state index in [1.54, 1.807) is 0 Å². The van der Waals surface area contributed by atoms with Gasteiger partial charge in [0.1, 0.15) is 0 Å². The van der Waals surface area contributed by atoms with Crippen LogP contribution in [0.25, 0.3) is 0 Å². The van der Waals surface area contributed by atoms with Crippen molar-refractivity contribution in [2.45, 2.75) is 122 Å². The van der Waals surface area contributed by atoms with Gasteiger partial charge >= 0.3 is 51.4 Å². The standard InChI is InChI=1S/C19H40O4S.K/c1-3-5-7-9-10-11-12-14-16-19(24(21,22)23)17-18(20)15-13-8-6-4-2;/h18-20H,3-17H2,1-2H3,(H,21,22,23);/q;+1/p-1. The zero-order valence-corrected chi connectivity index (χ0v) is 20.8. The Kier molecular flexibility index (Phi) is 21.7. The van der Waals surface area contributed by atoms with Crippen LogP contribution in [0.4, 0.5) is 0 Å². The number of hydrogen-bond acceptors (Lipinski definition) is 4. The van der Waals surface area contributed by atoms with Gasteiger partial charge in [-0.3, -0.25) is 0 Å². The first-order valence-corrected chi connectivity index (χ1v) is 11.5. The first-order chi connectivity index (χ1) is 11.4. The van der Waals surface area contributed by atoms with Crippen LogP contribution < -0.4 is 51.4 Å². The molecule has 0 aliphatic carbocycles. The van der Waals surface area contributed by atoms with Crippen molar-refractivity contribution in [1.82, 2.24) is 0 Å². The van der Waals surface area contributed by atoms with Gasteiger partial charge in [0, 0.05) is 0 Å². The van der Waals surface area contributed by atoms with Gasteiger partial charge in [-0.25, -0.2) is 8.42 Å². The molecule has 0 bridgehead atoms. The molecular formula is C19H39KO4S. The van der Waals surface area contributed by atoms with Crippen LogP contribution in [0.5, 0.6) is 0 Å². The van der Waals surface area contributed by atoms with Gasteiger partial charge in [0.25, 0.3) is 0 Å². The van der Waals surface area contributed by atoms with E-state index in [-0.39, 0.29) is 57.8 Å². The molecule has 0 aliphatic heterocycles. The van der Waals surface area contributed by atoms with Crippen molar-refractivity contribution in [2.75, 3.05) is 0 Å². The van der Waals surface area contributed by atoms with E-state index in [1.807, 2.05) is 0 Å². The SMILES string of the molecule is CCCCCCCCCCC(CC(O)CCCCCC)S(=O)(=O)[O-].[K+]. The van der Waals surface area contributed by atoms with Crippen molar-refractivity contribution >= 4 is 10.1 Å². The van der Waals surface area contributed by atoms with Gasteiger partial charge in [0.05, 0.1) is 21.5 Å². The number of hydrogen-bond donors (Lipinski definition) is 1. The third kappa shape index (κ3) is 18.6. The molecule has 0 aliphatic rings. The summed E-state index contributed by atoms with van der Waals surface area (Å²) in [6.45, 7) is 4.32. The molecule has 25 heavy (non-hydrogen) atoms. The number of unbranched alkanes of at least 4 members (excludes halogenated alkanes) is 10. The second-order valence-corrected chi connectivity index (χ2v) is 8.77. The van der Waals surface area contributed by atoms with Crippen LogP contribution >= 0.6 is 0 Å². The van der Waals surface area contributed by atoms with Crippen LogP contribution in [0.2, 0.25) is 0 Å². The minimum Gasteiger partial charge on any atom is -0.748 e. The van der Waals surface area contributed by atoms with E-state index in [2.05, 4.69) is 13.8 Å². The maximum Gasteiger partial charge on any atom is 1.00 e. The second-order valence-electron chi connectivity index (χ2n) is 7.12. The zero-order chi connectivity index (χ0) is 18.3. The first kappa shape index (κ1) is 28.7. The summed E-state index contributed by atoms with van der Waals surface area (Å²) in [5, 5.41) is 9.08. The third-order valence-electron chi connectivity index (χ3n) is 4.71. The molecule has 0 heterocycles. The monoisotopic (exact) mass is 402 g/mol. The molecule has 1 N–H and O–H groups in total. The van der Waals surface area contributed by atoms with Crippen LogP contribution in [0.3, 0.4) is 0 Å². The van der Waals surface area contributed by atoms with Crippen molar-refractivity contribution in [3.8, 4) is 0 Å². The van der Waals surface area contributed by atoms with Crippen molar-refractivity contribution in [2.24, 2.45) is 0 Å². The van der Waals surface area contributed by atoms with Gasteiger partial charge in [0.15, 0.2) is 0 Å². The van der Waals surface area contributed by atoms with E-state index in [4.69, 9.17) is 0 Å². The maximum absolute atomic E-state index is 11.4. The predicted molar refractivity (Wildman–Crippen MR) is 100 cm³/mol. The summed E-state index contributed by atoms with van der Waals surface area (Å²) in [5.41, 5.74) is 0. The van der Waals surface area contributed by atoms with Crippen molar-refractivity contribution in [1.29, 1.82) is 0 Å². The average molecular weight is 403 g/mol. The maximum atomic E-state index is 11.4. The fourth-order valence-corrected chi connectivity index (χ4v) is 4.03. The molecule has 6 heteroatoms. The fourth-order valence-electron chi connectivity index (χ4n) is 3.11. The molecule has 4 nitrogen and oxygen atoms in total. The molecular weight excluding hydrogens is 363 g/mol. The fraction of sp³-hybridized carbons (Fsp3) is 1.00. The molecule has 2 unspecified atom stereocenters. The number of aliphatic hydroxyl groups is 1. The summed E-state index contributed by atoms with van der Waals surface area (Å²) in [7, 11) is -4.31. The Morgan fingerprint density at radius 1 is 0.760 bits per heavy atom. The Balaban J connectivity index is 0. The van der Waals surface area contributed by atoms with Crippen molar-refractivity contribution in [3.63, 3.8) is 0 Å². The van der Waals surface area contributed by atoms with Gasteiger partial charge in [-0.2, -0.15) is 0 Å². The van der Waals surface area contributed by atoms with E-state index >= 15 is 0 Å². The predicted octanol–water partition coefficient (Wildman–Crippen LogP) is 2.16. The Hall–Kier alpha value is 1.51. The Morgan fingerprint density at radius 2 is 1.16 bits per heavy atom. The van der Waals surface area contributed by atoms with Gasteiger partial charge in [-0.05, 0) is 19.3 Å². The molecule has 146 valence electrons. The largest absolute Gasteiger partial charge is 1.00 e. The van der Waals surface area contributed by atoms with Crippen LogP contribution in [-0.4, -0.2) is 29.4 Å². The van der Waals surface area contributed by atoms with E-state index < -0.39 is 21.5 Å². The molecule has 0 fully saturated rings. The molecule has 0 aromatic rings. The van der Waals surface area contributed by atoms with Crippen molar-refractivity contribution < 1.29 is 69.5 Å². The number of aliphatic hydroxyl groups excluding tert-OH is 1. The summed E-state index contributed by atoms with van der Waals surface area (Å²) >= 11 is 0. The molecule has 0 amide bonds. The normalized spacial score (nSPS) is 14.1. The quantitative estimate of drug-likeness (QED) is 0.230. The molecule has 0 saturated carbocycles. The molecule has 0 radical (unpaired) electrons. The van der Waals surface area contributed by atoms with Crippen LogP contribution in [0.15, 0.2) is 0 Å². The van der Waals surface area contributed by atoms with Gasteiger partial charge in [-0.15, -0.1) is 0 Å². The molecule has 0 aromatic carbocycles. The Labute approximate surface area is 199 Å². The van der Waals surface area contributed by atoms with E-state index in [0.29, 0.717) is 12.8 Å². The zero-order valence-electron chi connectivity index (χ0n) is 16.8. The molecule has 2 atom stereocenters. The third-order valence-corrected chi connectivity index (χ3v) is 5.96. The van der Waals surface area contributed by atoms with Crippen LogP contribution in [0, 0.1) is 0 Å². The summed E-state index contributed by atoms with van der Waals surface area (Å²) in [4.78, 5) is 0. The molecule has 0 spiro atoms. The van der Waals surface area contributed by atoms with Crippen LogP contribution in [-0.2, 0) is 10.1 Å². The van der Waals surface area contributed by atoms with Gasteiger partial charge in [0.2, 0.25) is 0 Å². The number of rotatable bonds is 17. The second kappa shape index (κ2) is 18.9. The van der Waals surface area contributed by atoms with Crippen LogP contribution in [0.1, 0.15) is 110 Å². The Morgan fingerprint density at radius 3 is 1.64 bits per heavy atom. The minimum absolute atomic E-state index is 0. The summed E-state index contributed by atoms with van der Waals surface area (Å²) in [6.07, 6.45) is 13.7. The topological polar surface area (TPSA) is 77.4 Å². The summed E-state index contributed by atoms with van der Waals surface area (Å²) in [6, 6.07) is 0. The molecule has 0 aromatic heterocycles. The summed E-state index contributed by atoms with van der Waals surface area (Å²) in [5.74, 6) is 0. The molecule has 0 saturated heterocycles. The van der Waals surface area contributed by atoms with Gasteiger partial charge < -0.3 is 9.66 Å². The molecule has 0 rings (SSSR count). The first-order valence-electron chi connectivity index (χ1n) is 10.0. The van der Waals surface area contributed by atoms with E-state index in [9.17, 15) is 18.1 Å². The van der Waals surface area contributed by atoms with Gasteiger partial charge in [-0.1, -0.05) is 90.9 Å². The smallest absolute Gasteiger partial charge is 0.748 e. The Bertz CT molecular complexity index is 374. The minimum atomic E-state index is -4.31. The summed E-state index contributed by atoms with van der Waals surface area (Å²) < 4.78 is 34.2.